The third kappa shape index (κ3) is 2.37. The van der Waals surface area contributed by atoms with Gasteiger partial charge in [-0.25, -0.2) is 4.98 Å². The van der Waals surface area contributed by atoms with Gasteiger partial charge in [-0.15, -0.1) is 0 Å². The predicted molar refractivity (Wildman–Crippen MR) is 77.3 cm³/mol. The third-order valence-corrected chi connectivity index (χ3v) is 3.49. The summed E-state index contributed by atoms with van der Waals surface area (Å²) in [6.45, 7) is 0. The molecule has 94 valence electrons. The number of nitrogens with zero attached hydrogens (tertiary/aromatic N) is 2. The minimum atomic E-state index is -0.143. The summed E-state index contributed by atoms with van der Waals surface area (Å²) < 4.78 is 2.71. The summed E-state index contributed by atoms with van der Waals surface area (Å²) in [7, 11) is 0. The highest BCUT2D eigenvalue weighted by Crippen LogP contribution is 2.22. The molecular weight excluding hydrogens is 306 g/mol. The fourth-order valence-corrected chi connectivity index (χ4v) is 2.20. The summed E-state index contributed by atoms with van der Waals surface area (Å²) in [5.41, 5.74) is 2.24. The average Bonchev–Trinajstić information content (AvgIpc) is 2.88. The number of carbonyl (C=O) groups excluding carboxylic acids is 1. The molecule has 1 N–H and O–H groups in total. The number of rotatable bonds is 2. The fraction of sp³-hybridized carbons (Fsp3) is 0. The lowest BCUT2D eigenvalue weighted by atomic mass is 10.2. The Morgan fingerprint density at radius 3 is 2.95 bits per heavy atom. The van der Waals surface area contributed by atoms with Crippen LogP contribution in [0.4, 0.5) is 5.69 Å². The van der Waals surface area contributed by atoms with E-state index in [1.807, 2.05) is 34.9 Å². The highest BCUT2D eigenvalue weighted by molar-refractivity contribution is 9.10. The van der Waals surface area contributed by atoms with Crippen LogP contribution in [0.2, 0.25) is 0 Å². The van der Waals surface area contributed by atoms with Crippen LogP contribution in [0, 0.1) is 0 Å². The molecule has 1 amide bonds. The molecular formula is C14H10BrN3O. The van der Waals surface area contributed by atoms with Crippen LogP contribution in [-0.2, 0) is 0 Å². The van der Waals surface area contributed by atoms with Crippen molar-refractivity contribution in [3.05, 3.63) is 65.2 Å². The van der Waals surface area contributed by atoms with Crippen LogP contribution in [0.5, 0.6) is 0 Å². The maximum atomic E-state index is 12.2. The summed E-state index contributed by atoms with van der Waals surface area (Å²) in [6.07, 6.45) is 5.23. The second kappa shape index (κ2) is 4.85. The average molecular weight is 316 g/mol. The minimum Gasteiger partial charge on any atom is -0.321 e. The number of benzene rings is 1. The van der Waals surface area contributed by atoms with E-state index >= 15 is 0 Å². The molecule has 3 aromatic rings. The summed E-state index contributed by atoms with van der Waals surface area (Å²) >= 11 is 3.40. The van der Waals surface area contributed by atoms with Crippen molar-refractivity contribution in [3.63, 3.8) is 0 Å². The van der Waals surface area contributed by atoms with Gasteiger partial charge in [0.1, 0.15) is 0 Å². The number of pyridine rings is 1. The van der Waals surface area contributed by atoms with Crippen molar-refractivity contribution in [1.82, 2.24) is 9.38 Å². The molecule has 1 aromatic carbocycles. The zero-order valence-corrected chi connectivity index (χ0v) is 11.5. The van der Waals surface area contributed by atoms with Crippen molar-refractivity contribution in [3.8, 4) is 0 Å². The van der Waals surface area contributed by atoms with Crippen LogP contribution < -0.4 is 5.32 Å². The Bertz CT molecular complexity index is 751. The molecule has 0 saturated carbocycles. The largest absolute Gasteiger partial charge is 0.321 e. The number of anilines is 1. The molecule has 0 bridgehead atoms. The van der Waals surface area contributed by atoms with Gasteiger partial charge in [0, 0.05) is 16.2 Å². The molecule has 2 heterocycles. The molecule has 0 aliphatic heterocycles. The maximum absolute atomic E-state index is 12.2. The molecule has 0 atom stereocenters. The fourth-order valence-electron chi connectivity index (χ4n) is 1.82. The van der Waals surface area contributed by atoms with Crippen LogP contribution in [0.15, 0.2) is 59.6 Å². The van der Waals surface area contributed by atoms with Crippen LogP contribution in [0.1, 0.15) is 10.4 Å². The number of hydrogen-bond acceptors (Lipinski definition) is 2. The number of imidazole rings is 1. The predicted octanol–water partition coefficient (Wildman–Crippen LogP) is 3.35. The van der Waals surface area contributed by atoms with Crippen molar-refractivity contribution in [2.45, 2.75) is 0 Å². The second-order valence-electron chi connectivity index (χ2n) is 4.08. The topological polar surface area (TPSA) is 46.4 Å². The second-order valence-corrected chi connectivity index (χ2v) is 4.93. The number of nitrogens with one attached hydrogen (secondary N) is 1. The van der Waals surface area contributed by atoms with E-state index in [4.69, 9.17) is 0 Å². The van der Waals surface area contributed by atoms with E-state index in [0.717, 1.165) is 15.7 Å². The van der Waals surface area contributed by atoms with Crippen molar-refractivity contribution >= 4 is 33.0 Å². The molecule has 5 heteroatoms. The molecule has 2 aromatic heterocycles. The monoisotopic (exact) mass is 315 g/mol. The van der Waals surface area contributed by atoms with Gasteiger partial charge in [0.05, 0.1) is 23.7 Å². The van der Waals surface area contributed by atoms with E-state index in [2.05, 4.69) is 26.2 Å². The molecule has 0 unspecified atom stereocenters. The van der Waals surface area contributed by atoms with Crippen LogP contribution in [0.3, 0.4) is 0 Å². The van der Waals surface area contributed by atoms with Gasteiger partial charge in [-0.2, -0.15) is 0 Å². The molecule has 0 aliphatic carbocycles. The summed E-state index contributed by atoms with van der Waals surface area (Å²) in [6, 6.07) is 11.1. The van der Waals surface area contributed by atoms with Crippen LogP contribution in [-0.4, -0.2) is 15.3 Å². The number of hydrogen-bond donors (Lipinski definition) is 1. The number of fused-ring (bicyclic) bond motifs is 1. The van der Waals surface area contributed by atoms with Gasteiger partial charge < -0.3 is 9.72 Å². The Balaban J connectivity index is 1.89. The Kier molecular flexibility index (Phi) is 3.05. The number of amides is 1. The Morgan fingerprint density at radius 1 is 1.26 bits per heavy atom. The molecule has 3 rings (SSSR count). The molecule has 19 heavy (non-hydrogen) atoms. The van der Waals surface area contributed by atoms with E-state index in [-0.39, 0.29) is 5.91 Å². The van der Waals surface area contributed by atoms with Gasteiger partial charge in [-0.1, -0.05) is 12.1 Å². The lowest BCUT2D eigenvalue weighted by Crippen LogP contribution is -2.12. The summed E-state index contributed by atoms with van der Waals surface area (Å²) in [4.78, 5) is 16.2. The SMILES string of the molecule is O=C(Nc1ccccc1Br)c1ccn2cncc2c1. The molecule has 0 fully saturated rings. The normalized spacial score (nSPS) is 10.6. The van der Waals surface area contributed by atoms with Gasteiger partial charge in [-0.05, 0) is 40.2 Å². The zero-order chi connectivity index (χ0) is 13.2. The third-order valence-electron chi connectivity index (χ3n) is 2.80. The summed E-state index contributed by atoms with van der Waals surface area (Å²) in [5.74, 6) is -0.143. The molecule has 0 radical (unpaired) electrons. The quantitative estimate of drug-likeness (QED) is 0.788. The number of aromatic nitrogens is 2. The van der Waals surface area contributed by atoms with Crippen LogP contribution >= 0.6 is 15.9 Å². The smallest absolute Gasteiger partial charge is 0.255 e. The Morgan fingerprint density at radius 2 is 2.11 bits per heavy atom. The maximum Gasteiger partial charge on any atom is 0.255 e. The number of halogens is 1. The minimum absolute atomic E-state index is 0.143. The first-order valence-corrected chi connectivity index (χ1v) is 6.51. The summed E-state index contributed by atoms with van der Waals surface area (Å²) in [5, 5.41) is 2.87. The van der Waals surface area contributed by atoms with Crippen molar-refractivity contribution in [2.24, 2.45) is 0 Å². The molecule has 0 aliphatic rings. The molecule has 0 spiro atoms. The van der Waals surface area contributed by atoms with Gasteiger partial charge in [0.2, 0.25) is 0 Å². The standard InChI is InChI=1S/C14H10BrN3O/c15-12-3-1-2-4-13(12)17-14(19)10-5-6-18-9-16-8-11(18)7-10/h1-9H,(H,17,19). The Hall–Kier alpha value is -2.14. The van der Waals surface area contributed by atoms with E-state index in [1.165, 1.54) is 0 Å². The van der Waals surface area contributed by atoms with Crippen molar-refractivity contribution in [1.29, 1.82) is 0 Å². The lowest BCUT2D eigenvalue weighted by molar-refractivity contribution is 0.102. The van der Waals surface area contributed by atoms with Crippen molar-refractivity contribution < 1.29 is 4.79 Å². The van der Waals surface area contributed by atoms with E-state index in [1.54, 1.807) is 24.7 Å². The molecule has 0 saturated heterocycles. The highest BCUT2D eigenvalue weighted by atomic mass is 79.9. The first kappa shape index (κ1) is 11.9. The van der Waals surface area contributed by atoms with Gasteiger partial charge in [-0.3, -0.25) is 4.79 Å². The zero-order valence-electron chi connectivity index (χ0n) is 9.88. The number of para-hydroxylation sites is 1. The molecule has 4 nitrogen and oxygen atoms in total. The van der Waals surface area contributed by atoms with Gasteiger partial charge >= 0.3 is 0 Å². The Labute approximate surface area is 118 Å². The first-order chi connectivity index (χ1) is 9.24. The highest BCUT2D eigenvalue weighted by Gasteiger charge is 2.08. The first-order valence-electron chi connectivity index (χ1n) is 5.71. The van der Waals surface area contributed by atoms with Gasteiger partial charge in [0.15, 0.2) is 0 Å². The van der Waals surface area contributed by atoms with Gasteiger partial charge in [0.25, 0.3) is 5.91 Å². The van der Waals surface area contributed by atoms with E-state index < -0.39 is 0 Å². The van der Waals surface area contributed by atoms with Crippen LogP contribution in [0.25, 0.3) is 5.52 Å². The number of carbonyl (C=O) groups is 1. The van der Waals surface area contributed by atoms with Crippen molar-refractivity contribution in [2.75, 3.05) is 5.32 Å². The lowest BCUT2D eigenvalue weighted by Gasteiger charge is -2.07. The van der Waals surface area contributed by atoms with E-state index in [0.29, 0.717) is 5.56 Å². The van der Waals surface area contributed by atoms with E-state index in [9.17, 15) is 4.79 Å².